The predicted molar refractivity (Wildman–Crippen MR) is 93.1 cm³/mol. The summed E-state index contributed by atoms with van der Waals surface area (Å²) in [5.41, 5.74) is 0.702. The topological polar surface area (TPSA) is 125 Å². The number of hydrogen-bond acceptors (Lipinski definition) is 5. The summed E-state index contributed by atoms with van der Waals surface area (Å²) in [6.45, 7) is 3.98. The number of aromatic amines is 1. The van der Waals surface area contributed by atoms with Crippen molar-refractivity contribution in [3.63, 3.8) is 0 Å². The van der Waals surface area contributed by atoms with Crippen molar-refractivity contribution in [1.29, 1.82) is 0 Å². The molecule has 132 valence electrons. The molecule has 0 amide bonds. The minimum atomic E-state index is -0.931. The van der Waals surface area contributed by atoms with Gasteiger partial charge in [0.05, 0.1) is 5.69 Å². The van der Waals surface area contributed by atoms with E-state index >= 15 is 0 Å². The molecule has 0 bridgehead atoms. The predicted octanol–water partition coefficient (Wildman–Crippen LogP) is 1.13. The summed E-state index contributed by atoms with van der Waals surface area (Å²) < 4.78 is 0.993. The van der Waals surface area contributed by atoms with Crippen LogP contribution in [0.15, 0.2) is 32.8 Å². The first-order chi connectivity index (χ1) is 11.8. The number of aromatic nitrogens is 2. The van der Waals surface area contributed by atoms with Crippen LogP contribution in [0.4, 0.5) is 0 Å². The van der Waals surface area contributed by atoms with Crippen molar-refractivity contribution in [1.82, 2.24) is 9.55 Å². The number of benzene rings is 1. The molecule has 0 saturated carbocycles. The number of hydrogen-bond donors (Lipinski definition) is 3. The van der Waals surface area contributed by atoms with Crippen molar-refractivity contribution in [2.75, 3.05) is 6.54 Å². The van der Waals surface area contributed by atoms with E-state index in [-0.39, 0.29) is 18.5 Å². The van der Waals surface area contributed by atoms with Gasteiger partial charge in [-0.3, -0.25) is 19.6 Å². The molecular formula is C17H19N3O5. The summed E-state index contributed by atoms with van der Waals surface area (Å²) in [6, 6.07) is 5.19. The van der Waals surface area contributed by atoms with E-state index in [1.54, 1.807) is 18.2 Å². The summed E-state index contributed by atoms with van der Waals surface area (Å²) in [7, 11) is 0. The molecule has 3 N–H and O–H groups in total. The lowest BCUT2D eigenvalue weighted by Crippen LogP contribution is -2.31. The van der Waals surface area contributed by atoms with Crippen molar-refractivity contribution in [2.24, 2.45) is 4.99 Å². The summed E-state index contributed by atoms with van der Waals surface area (Å²) in [6.07, 6.45) is 1.41. The Morgan fingerprint density at radius 3 is 2.64 bits per heavy atom. The Bertz CT molecular complexity index is 940. The number of carbonyl (C=O) groups is 1. The Kier molecular flexibility index (Phi) is 5.53. The molecule has 0 unspecified atom stereocenters. The highest BCUT2D eigenvalue weighted by Gasteiger charge is 2.14. The van der Waals surface area contributed by atoms with Gasteiger partial charge in [0, 0.05) is 19.2 Å². The van der Waals surface area contributed by atoms with Crippen LogP contribution in [0.25, 0.3) is 5.69 Å². The van der Waals surface area contributed by atoms with Gasteiger partial charge in [0.25, 0.3) is 5.56 Å². The molecule has 25 heavy (non-hydrogen) atoms. The number of aliphatic carboxylic acids is 1. The first kappa shape index (κ1) is 18.2. The molecule has 2 aromatic rings. The maximum absolute atomic E-state index is 12.1. The van der Waals surface area contributed by atoms with Crippen LogP contribution in [-0.2, 0) is 4.79 Å². The van der Waals surface area contributed by atoms with Crippen molar-refractivity contribution in [2.45, 2.75) is 26.7 Å². The van der Waals surface area contributed by atoms with Crippen LogP contribution in [0.2, 0.25) is 0 Å². The van der Waals surface area contributed by atoms with E-state index in [4.69, 9.17) is 5.11 Å². The van der Waals surface area contributed by atoms with Gasteiger partial charge < -0.3 is 10.2 Å². The highest BCUT2D eigenvalue weighted by atomic mass is 16.4. The van der Waals surface area contributed by atoms with Crippen LogP contribution in [-0.4, -0.2) is 38.5 Å². The third kappa shape index (κ3) is 4.23. The number of rotatable bonds is 6. The molecule has 1 aromatic carbocycles. The SMILES string of the molecule is Cc1ccc(-n2c(O)c(C=NCCCC(=O)O)c(=O)[nH]c2=O)cc1C. The van der Waals surface area contributed by atoms with Crippen molar-refractivity contribution in [3.05, 3.63) is 55.7 Å². The first-order valence-electron chi connectivity index (χ1n) is 7.69. The average Bonchev–Trinajstić information content (AvgIpc) is 2.52. The van der Waals surface area contributed by atoms with E-state index in [1.165, 1.54) is 0 Å². The highest BCUT2D eigenvalue weighted by molar-refractivity contribution is 5.82. The van der Waals surface area contributed by atoms with Gasteiger partial charge in [-0.05, 0) is 43.5 Å². The Morgan fingerprint density at radius 1 is 1.28 bits per heavy atom. The lowest BCUT2D eigenvalue weighted by molar-refractivity contribution is -0.137. The Morgan fingerprint density at radius 2 is 2.00 bits per heavy atom. The maximum atomic E-state index is 12.1. The van der Waals surface area contributed by atoms with E-state index < -0.39 is 23.1 Å². The molecule has 0 aliphatic carbocycles. The largest absolute Gasteiger partial charge is 0.493 e. The van der Waals surface area contributed by atoms with Crippen molar-refractivity contribution >= 4 is 12.2 Å². The standard InChI is InChI=1S/C17H19N3O5/c1-10-5-6-12(8-11(10)2)20-16(24)13(15(23)19-17(20)25)9-18-7-3-4-14(21)22/h5-6,8-9,24H,3-4,7H2,1-2H3,(H,21,22)(H,19,23,25). The molecule has 0 aliphatic heterocycles. The number of nitrogens with one attached hydrogen (secondary N) is 1. The third-order valence-electron chi connectivity index (χ3n) is 3.77. The molecule has 1 aromatic heterocycles. The summed E-state index contributed by atoms with van der Waals surface area (Å²) in [5, 5.41) is 18.9. The number of aromatic hydroxyl groups is 1. The van der Waals surface area contributed by atoms with Gasteiger partial charge in [0.1, 0.15) is 5.56 Å². The summed E-state index contributed by atoms with van der Waals surface area (Å²) in [4.78, 5) is 40.6. The van der Waals surface area contributed by atoms with Crippen molar-refractivity contribution in [3.8, 4) is 11.6 Å². The zero-order valence-electron chi connectivity index (χ0n) is 13.9. The lowest BCUT2D eigenvalue weighted by atomic mass is 10.1. The fraction of sp³-hybridized carbons (Fsp3) is 0.294. The highest BCUT2D eigenvalue weighted by Crippen LogP contribution is 2.18. The van der Waals surface area contributed by atoms with Gasteiger partial charge >= 0.3 is 11.7 Å². The summed E-state index contributed by atoms with van der Waals surface area (Å²) >= 11 is 0. The molecule has 0 aliphatic rings. The van der Waals surface area contributed by atoms with Crippen LogP contribution in [0.3, 0.4) is 0 Å². The smallest absolute Gasteiger partial charge is 0.335 e. The van der Waals surface area contributed by atoms with E-state index in [2.05, 4.69) is 9.98 Å². The van der Waals surface area contributed by atoms with Crippen molar-refractivity contribution < 1.29 is 15.0 Å². The first-order valence-corrected chi connectivity index (χ1v) is 7.69. The second-order valence-electron chi connectivity index (χ2n) is 5.63. The molecular weight excluding hydrogens is 326 g/mol. The third-order valence-corrected chi connectivity index (χ3v) is 3.77. The Balaban J connectivity index is 2.41. The normalized spacial score (nSPS) is 11.1. The fourth-order valence-electron chi connectivity index (χ4n) is 2.24. The van der Waals surface area contributed by atoms with Crippen LogP contribution >= 0.6 is 0 Å². The lowest BCUT2D eigenvalue weighted by Gasteiger charge is -2.11. The van der Waals surface area contributed by atoms with Gasteiger partial charge in [0.2, 0.25) is 5.88 Å². The minimum absolute atomic E-state index is 0.0399. The summed E-state index contributed by atoms with van der Waals surface area (Å²) in [5.74, 6) is -1.45. The van der Waals surface area contributed by atoms with Gasteiger partial charge in [-0.1, -0.05) is 6.07 Å². The van der Waals surface area contributed by atoms with Crippen LogP contribution in [0, 0.1) is 13.8 Å². The minimum Gasteiger partial charge on any atom is -0.493 e. The zero-order valence-corrected chi connectivity index (χ0v) is 13.9. The second kappa shape index (κ2) is 7.61. The van der Waals surface area contributed by atoms with E-state index in [0.29, 0.717) is 12.1 Å². The monoisotopic (exact) mass is 345 g/mol. The molecule has 0 atom stereocenters. The molecule has 1 heterocycles. The molecule has 8 heteroatoms. The Hall–Kier alpha value is -3.16. The number of aryl methyl sites for hydroxylation is 2. The van der Waals surface area contributed by atoms with Gasteiger partial charge in [-0.2, -0.15) is 0 Å². The number of carboxylic acids is 1. The maximum Gasteiger partial charge on any atom is 0.335 e. The second-order valence-corrected chi connectivity index (χ2v) is 5.63. The van der Waals surface area contributed by atoms with Crippen LogP contribution < -0.4 is 11.2 Å². The van der Waals surface area contributed by atoms with E-state index in [1.807, 2.05) is 13.8 Å². The molecule has 0 saturated heterocycles. The van der Waals surface area contributed by atoms with Gasteiger partial charge in [-0.25, -0.2) is 9.36 Å². The van der Waals surface area contributed by atoms with Gasteiger partial charge in [0.15, 0.2) is 0 Å². The molecule has 2 rings (SSSR count). The number of carboxylic acid groups (broad SMARTS) is 1. The average molecular weight is 345 g/mol. The number of H-pyrrole nitrogens is 1. The molecule has 0 fully saturated rings. The molecule has 0 radical (unpaired) electrons. The van der Waals surface area contributed by atoms with Gasteiger partial charge in [-0.15, -0.1) is 0 Å². The number of nitrogens with zero attached hydrogens (tertiary/aromatic N) is 2. The fourth-order valence-corrected chi connectivity index (χ4v) is 2.24. The van der Waals surface area contributed by atoms with Crippen LogP contribution in [0.1, 0.15) is 29.5 Å². The Labute approximate surface area is 143 Å². The number of aliphatic imine (C=N–C) groups is 1. The quantitative estimate of drug-likeness (QED) is 0.535. The zero-order chi connectivity index (χ0) is 18.6. The van der Waals surface area contributed by atoms with Crippen LogP contribution in [0.5, 0.6) is 5.88 Å². The molecule has 0 spiro atoms. The van der Waals surface area contributed by atoms with E-state index in [0.717, 1.165) is 21.9 Å². The van der Waals surface area contributed by atoms with E-state index in [9.17, 15) is 19.5 Å². The molecule has 8 nitrogen and oxygen atoms in total.